The summed E-state index contributed by atoms with van der Waals surface area (Å²) in [5, 5.41) is 0. The van der Waals surface area contributed by atoms with Crippen LogP contribution >= 0.6 is 22.9 Å². The van der Waals surface area contributed by atoms with Gasteiger partial charge in [0.1, 0.15) is 0 Å². The molecule has 0 spiro atoms. The number of fused-ring (bicyclic) bond motifs is 1. The molecule has 0 saturated heterocycles. The Bertz CT molecular complexity index is 288. The monoisotopic (exact) mass is 274 g/mol. The summed E-state index contributed by atoms with van der Waals surface area (Å²) in [6, 6.07) is 8.44. The largest absolute Gasteiger partial charge is 0.311 e. The van der Waals surface area contributed by atoms with Gasteiger partial charge in [-0.2, -0.15) is 0 Å². The van der Waals surface area contributed by atoms with Crippen molar-refractivity contribution in [3.63, 3.8) is 0 Å². The van der Waals surface area contributed by atoms with Crippen molar-refractivity contribution in [3.8, 4) is 0 Å². The van der Waals surface area contributed by atoms with Gasteiger partial charge in [0.2, 0.25) is 0 Å². The molecule has 0 bridgehead atoms. The van der Waals surface area contributed by atoms with Crippen molar-refractivity contribution < 1.29 is 0 Å². The third kappa shape index (κ3) is 1.31. The lowest BCUT2D eigenvalue weighted by atomic mass is 10.0. The average molecular weight is 274 g/mol. The third-order valence-electron chi connectivity index (χ3n) is 2.22. The molecule has 1 atom stereocenters. The van der Waals surface area contributed by atoms with Crippen LogP contribution in [0.5, 0.6) is 0 Å². The number of anilines is 1. The smallest absolute Gasteiger partial charge is 0.0870 e. The van der Waals surface area contributed by atoms with E-state index in [9.17, 15) is 0 Å². The first-order valence-electron chi connectivity index (χ1n) is 4.07. The number of rotatable bonds is 0. The van der Waals surface area contributed by atoms with Crippen LogP contribution in [0.1, 0.15) is 12.0 Å². The number of hydrogen-bond acceptors (Lipinski definition) is 2. The van der Waals surface area contributed by atoms with Crippen molar-refractivity contribution in [1.29, 1.82) is 0 Å². The maximum Gasteiger partial charge on any atom is 0.0870 e. The molecule has 1 aromatic rings. The van der Waals surface area contributed by atoms with Crippen LogP contribution in [-0.4, -0.2) is 6.17 Å². The van der Waals surface area contributed by atoms with E-state index in [0.29, 0.717) is 0 Å². The molecular weight excluding hydrogens is 263 g/mol. The predicted octanol–water partition coefficient (Wildman–Crippen LogP) is 2.07. The molecule has 2 N–H and O–H groups in total. The Hall–Kier alpha value is -0.290. The van der Waals surface area contributed by atoms with E-state index in [1.165, 1.54) is 11.3 Å². The van der Waals surface area contributed by atoms with E-state index in [4.69, 9.17) is 5.73 Å². The fraction of sp³-hybridized carbons (Fsp3) is 0.333. The number of nitrogens with two attached hydrogens (primary N) is 1. The average Bonchev–Trinajstić information content (AvgIpc) is 2.12. The fourth-order valence-electron chi connectivity index (χ4n) is 1.53. The quantitative estimate of drug-likeness (QED) is 0.579. The Morgan fingerprint density at radius 1 is 1.42 bits per heavy atom. The molecule has 0 saturated carbocycles. The van der Waals surface area contributed by atoms with Crippen LogP contribution in [0, 0.1) is 0 Å². The lowest BCUT2D eigenvalue weighted by molar-refractivity contribution is 0.630. The molecule has 3 heteroatoms. The van der Waals surface area contributed by atoms with Gasteiger partial charge in [-0.1, -0.05) is 18.2 Å². The van der Waals surface area contributed by atoms with E-state index in [2.05, 4.69) is 50.2 Å². The topological polar surface area (TPSA) is 29.3 Å². The van der Waals surface area contributed by atoms with Crippen LogP contribution in [0.3, 0.4) is 0 Å². The van der Waals surface area contributed by atoms with Gasteiger partial charge in [-0.3, -0.25) is 3.11 Å². The fourth-order valence-corrected chi connectivity index (χ4v) is 2.28. The van der Waals surface area contributed by atoms with Crippen LogP contribution in [0.25, 0.3) is 0 Å². The van der Waals surface area contributed by atoms with Crippen molar-refractivity contribution in [2.24, 2.45) is 5.73 Å². The standard InChI is InChI=1S/C9H11IN2/c10-12-8-4-2-1-3-7(8)5-6-9(12)11/h1-4,9H,5-6,11H2. The predicted molar refractivity (Wildman–Crippen MR) is 59.2 cm³/mol. The van der Waals surface area contributed by atoms with Gasteiger partial charge in [-0.25, -0.2) is 0 Å². The van der Waals surface area contributed by atoms with E-state index in [1.54, 1.807) is 0 Å². The Morgan fingerprint density at radius 2 is 2.17 bits per heavy atom. The highest BCUT2D eigenvalue weighted by Crippen LogP contribution is 2.31. The second kappa shape index (κ2) is 3.22. The van der Waals surface area contributed by atoms with Crippen molar-refractivity contribution in [2.75, 3.05) is 3.11 Å². The molecule has 0 aromatic heterocycles. The number of aryl methyl sites for hydroxylation is 1. The summed E-state index contributed by atoms with van der Waals surface area (Å²) < 4.78 is 2.12. The minimum absolute atomic E-state index is 0.181. The van der Waals surface area contributed by atoms with Gasteiger partial charge < -0.3 is 5.73 Å². The van der Waals surface area contributed by atoms with Crippen molar-refractivity contribution in [1.82, 2.24) is 0 Å². The maximum absolute atomic E-state index is 5.91. The summed E-state index contributed by atoms with van der Waals surface area (Å²) in [6.45, 7) is 0. The van der Waals surface area contributed by atoms with Gasteiger partial charge >= 0.3 is 0 Å². The van der Waals surface area contributed by atoms with E-state index in [1.807, 2.05) is 0 Å². The zero-order valence-electron chi connectivity index (χ0n) is 6.70. The number of halogens is 1. The van der Waals surface area contributed by atoms with Crippen LogP contribution in [0.2, 0.25) is 0 Å². The lowest BCUT2D eigenvalue weighted by Gasteiger charge is -2.31. The van der Waals surface area contributed by atoms with Gasteiger partial charge in [0.05, 0.1) is 34.7 Å². The van der Waals surface area contributed by atoms with E-state index >= 15 is 0 Å². The Morgan fingerprint density at radius 3 is 3.00 bits per heavy atom. The van der Waals surface area contributed by atoms with Gasteiger partial charge in [0.25, 0.3) is 0 Å². The molecule has 0 aliphatic carbocycles. The summed E-state index contributed by atoms with van der Waals surface area (Å²) in [5.41, 5.74) is 8.60. The van der Waals surface area contributed by atoms with Crippen molar-refractivity contribution >= 4 is 28.6 Å². The van der Waals surface area contributed by atoms with Crippen molar-refractivity contribution in [2.45, 2.75) is 19.0 Å². The van der Waals surface area contributed by atoms with E-state index < -0.39 is 0 Å². The molecule has 1 aliphatic rings. The van der Waals surface area contributed by atoms with Crippen LogP contribution in [-0.2, 0) is 6.42 Å². The van der Waals surface area contributed by atoms with Crippen LogP contribution in [0.15, 0.2) is 24.3 Å². The van der Waals surface area contributed by atoms with E-state index in [0.717, 1.165) is 12.8 Å². The molecule has 1 unspecified atom stereocenters. The zero-order valence-corrected chi connectivity index (χ0v) is 8.86. The number of hydrogen-bond donors (Lipinski definition) is 1. The minimum Gasteiger partial charge on any atom is -0.311 e. The number of para-hydroxylation sites is 1. The summed E-state index contributed by atoms with van der Waals surface area (Å²) in [5.74, 6) is 0. The van der Waals surface area contributed by atoms with Crippen LogP contribution in [0.4, 0.5) is 5.69 Å². The summed E-state index contributed by atoms with van der Waals surface area (Å²) in [6.07, 6.45) is 2.34. The van der Waals surface area contributed by atoms with E-state index in [-0.39, 0.29) is 6.17 Å². The first-order chi connectivity index (χ1) is 5.79. The Kier molecular flexibility index (Phi) is 2.23. The second-order valence-corrected chi connectivity index (χ2v) is 4.09. The van der Waals surface area contributed by atoms with Gasteiger partial charge in [-0.15, -0.1) is 0 Å². The Labute approximate surface area is 86.2 Å². The molecule has 0 amide bonds. The summed E-state index contributed by atoms with van der Waals surface area (Å²) in [7, 11) is 0. The first-order valence-corrected chi connectivity index (χ1v) is 5.04. The normalized spacial score (nSPS) is 22.2. The molecule has 12 heavy (non-hydrogen) atoms. The zero-order chi connectivity index (χ0) is 8.55. The van der Waals surface area contributed by atoms with Gasteiger partial charge in [0, 0.05) is 0 Å². The van der Waals surface area contributed by atoms with Gasteiger partial charge in [-0.05, 0) is 24.5 Å². The second-order valence-electron chi connectivity index (χ2n) is 3.05. The lowest BCUT2D eigenvalue weighted by Crippen LogP contribution is -2.38. The number of nitrogens with zero attached hydrogens (tertiary/aromatic N) is 1. The highest BCUT2D eigenvalue weighted by Gasteiger charge is 2.20. The third-order valence-corrected chi connectivity index (χ3v) is 3.46. The molecule has 1 aromatic carbocycles. The molecule has 1 heterocycles. The molecule has 64 valence electrons. The Balaban J connectivity index is 2.42. The van der Waals surface area contributed by atoms with Crippen molar-refractivity contribution in [3.05, 3.63) is 29.8 Å². The highest BCUT2D eigenvalue weighted by molar-refractivity contribution is 14.1. The summed E-state index contributed by atoms with van der Waals surface area (Å²) >= 11 is 2.28. The molecule has 2 rings (SSSR count). The first kappa shape index (κ1) is 8.31. The van der Waals surface area contributed by atoms with Gasteiger partial charge in [0.15, 0.2) is 0 Å². The van der Waals surface area contributed by atoms with Crippen LogP contribution < -0.4 is 8.85 Å². The molecule has 1 aliphatic heterocycles. The summed E-state index contributed by atoms with van der Waals surface area (Å²) in [4.78, 5) is 0. The minimum atomic E-state index is 0.181. The molecule has 2 nitrogen and oxygen atoms in total. The molecule has 0 radical (unpaired) electrons. The molecular formula is C9H11IN2. The maximum atomic E-state index is 5.91. The highest BCUT2D eigenvalue weighted by atomic mass is 127. The molecule has 0 fully saturated rings. The number of benzene rings is 1. The SMILES string of the molecule is NC1CCc2ccccc2N1I.